The first-order chi connectivity index (χ1) is 9.06. The molecule has 1 N–H and O–H groups in total. The molecule has 3 nitrogen and oxygen atoms in total. The van der Waals surface area contributed by atoms with E-state index in [1.54, 1.807) is 0 Å². The molecular weight excluding hydrogens is 260 g/mol. The highest BCUT2D eigenvalue weighted by molar-refractivity contribution is 6.31. The SMILES string of the molecule is CC(C)n1ccc(CC(O)Cc2ccccc2Cl)n1. The summed E-state index contributed by atoms with van der Waals surface area (Å²) in [4.78, 5) is 0. The summed E-state index contributed by atoms with van der Waals surface area (Å²) in [6.07, 6.45) is 2.58. The molecule has 0 amide bonds. The number of halogens is 1. The van der Waals surface area contributed by atoms with E-state index in [0.29, 0.717) is 23.9 Å². The molecule has 4 heteroatoms. The van der Waals surface area contributed by atoms with Crippen LogP contribution in [-0.2, 0) is 12.8 Å². The molecule has 1 heterocycles. The van der Waals surface area contributed by atoms with Crippen molar-refractivity contribution in [2.75, 3.05) is 0 Å². The van der Waals surface area contributed by atoms with Gasteiger partial charge in [-0.25, -0.2) is 0 Å². The van der Waals surface area contributed by atoms with Crippen LogP contribution in [0.15, 0.2) is 36.5 Å². The lowest BCUT2D eigenvalue weighted by atomic mass is 10.0. The predicted molar refractivity (Wildman–Crippen MR) is 77.5 cm³/mol. The van der Waals surface area contributed by atoms with Crippen LogP contribution in [0.1, 0.15) is 31.1 Å². The Morgan fingerprint density at radius 3 is 2.58 bits per heavy atom. The first-order valence-electron chi connectivity index (χ1n) is 6.51. The standard InChI is InChI=1S/C15H19ClN2O/c1-11(2)18-8-7-13(17-18)10-14(19)9-12-5-3-4-6-15(12)16/h3-8,11,14,19H,9-10H2,1-2H3. The summed E-state index contributed by atoms with van der Waals surface area (Å²) in [5.74, 6) is 0. The number of hydrogen-bond acceptors (Lipinski definition) is 2. The summed E-state index contributed by atoms with van der Waals surface area (Å²) < 4.78 is 1.90. The van der Waals surface area contributed by atoms with Crippen LogP contribution in [0.25, 0.3) is 0 Å². The lowest BCUT2D eigenvalue weighted by molar-refractivity contribution is 0.174. The molecule has 0 saturated carbocycles. The molecule has 1 atom stereocenters. The van der Waals surface area contributed by atoms with Crippen molar-refractivity contribution in [2.24, 2.45) is 0 Å². The maximum Gasteiger partial charge on any atom is 0.0650 e. The van der Waals surface area contributed by atoms with Crippen molar-refractivity contribution < 1.29 is 5.11 Å². The summed E-state index contributed by atoms with van der Waals surface area (Å²) in [5.41, 5.74) is 1.88. The number of aliphatic hydroxyl groups is 1. The summed E-state index contributed by atoms with van der Waals surface area (Å²) in [6, 6.07) is 9.91. The minimum Gasteiger partial charge on any atom is -0.392 e. The Hall–Kier alpha value is -1.32. The van der Waals surface area contributed by atoms with Crippen LogP contribution < -0.4 is 0 Å². The zero-order chi connectivity index (χ0) is 13.8. The van der Waals surface area contributed by atoms with E-state index in [9.17, 15) is 5.11 Å². The maximum absolute atomic E-state index is 10.1. The second kappa shape index (κ2) is 6.22. The molecule has 1 unspecified atom stereocenters. The van der Waals surface area contributed by atoms with Crippen molar-refractivity contribution in [3.05, 3.63) is 52.8 Å². The van der Waals surface area contributed by atoms with E-state index in [1.165, 1.54) is 0 Å². The lowest BCUT2D eigenvalue weighted by Gasteiger charge is -2.10. The minimum atomic E-state index is -0.463. The Morgan fingerprint density at radius 2 is 1.95 bits per heavy atom. The maximum atomic E-state index is 10.1. The van der Waals surface area contributed by atoms with Crippen molar-refractivity contribution in [1.82, 2.24) is 9.78 Å². The third kappa shape index (κ3) is 3.82. The topological polar surface area (TPSA) is 38.0 Å². The third-order valence-corrected chi connectivity index (χ3v) is 3.42. The Bertz CT molecular complexity index is 536. The number of benzene rings is 1. The largest absolute Gasteiger partial charge is 0.392 e. The van der Waals surface area contributed by atoms with E-state index in [4.69, 9.17) is 11.6 Å². The predicted octanol–water partition coefficient (Wildman–Crippen LogP) is 3.26. The first kappa shape index (κ1) is 14.1. The van der Waals surface area contributed by atoms with Crippen LogP contribution >= 0.6 is 11.6 Å². The number of rotatable bonds is 5. The highest BCUT2D eigenvalue weighted by atomic mass is 35.5. The smallest absolute Gasteiger partial charge is 0.0650 e. The zero-order valence-electron chi connectivity index (χ0n) is 11.3. The number of aliphatic hydroxyl groups excluding tert-OH is 1. The molecule has 0 saturated heterocycles. The fourth-order valence-corrected chi connectivity index (χ4v) is 2.22. The summed E-state index contributed by atoms with van der Waals surface area (Å²) >= 11 is 6.09. The molecule has 0 bridgehead atoms. The van der Waals surface area contributed by atoms with Crippen LogP contribution in [0.4, 0.5) is 0 Å². The Labute approximate surface area is 118 Å². The fraction of sp³-hybridized carbons (Fsp3) is 0.400. The molecular formula is C15H19ClN2O. The van der Waals surface area contributed by atoms with Crippen molar-refractivity contribution in [3.8, 4) is 0 Å². The van der Waals surface area contributed by atoms with Crippen molar-refractivity contribution in [1.29, 1.82) is 0 Å². The second-order valence-corrected chi connectivity index (χ2v) is 5.44. The fourth-order valence-electron chi connectivity index (χ4n) is 2.01. The summed E-state index contributed by atoms with van der Waals surface area (Å²) in [5, 5.41) is 15.3. The van der Waals surface area contributed by atoms with E-state index >= 15 is 0 Å². The van der Waals surface area contributed by atoms with E-state index in [2.05, 4.69) is 18.9 Å². The Morgan fingerprint density at radius 1 is 1.21 bits per heavy atom. The lowest BCUT2D eigenvalue weighted by Crippen LogP contribution is -2.15. The van der Waals surface area contributed by atoms with Gasteiger partial charge in [0.1, 0.15) is 0 Å². The van der Waals surface area contributed by atoms with E-state index in [-0.39, 0.29) is 0 Å². The zero-order valence-corrected chi connectivity index (χ0v) is 12.0. The van der Waals surface area contributed by atoms with Gasteiger partial charge in [-0.15, -0.1) is 0 Å². The van der Waals surface area contributed by atoms with Gasteiger partial charge in [0, 0.05) is 30.1 Å². The van der Waals surface area contributed by atoms with Crippen LogP contribution in [0, 0.1) is 0 Å². The van der Waals surface area contributed by atoms with Gasteiger partial charge in [0.15, 0.2) is 0 Å². The summed E-state index contributed by atoms with van der Waals surface area (Å²) in [6.45, 7) is 4.16. The van der Waals surface area contributed by atoms with Crippen LogP contribution in [0.3, 0.4) is 0 Å². The van der Waals surface area contributed by atoms with Crippen LogP contribution in [0.5, 0.6) is 0 Å². The van der Waals surface area contributed by atoms with Gasteiger partial charge in [0.2, 0.25) is 0 Å². The quantitative estimate of drug-likeness (QED) is 0.912. The molecule has 2 rings (SSSR count). The number of nitrogens with zero attached hydrogens (tertiary/aromatic N) is 2. The highest BCUT2D eigenvalue weighted by Gasteiger charge is 2.11. The average molecular weight is 279 g/mol. The van der Waals surface area contributed by atoms with Gasteiger partial charge in [-0.2, -0.15) is 5.10 Å². The van der Waals surface area contributed by atoms with Crippen molar-refractivity contribution >= 4 is 11.6 Å². The third-order valence-electron chi connectivity index (χ3n) is 3.05. The minimum absolute atomic E-state index is 0.342. The normalized spacial score (nSPS) is 12.9. The molecule has 2 aromatic rings. The van der Waals surface area contributed by atoms with Crippen LogP contribution in [0.2, 0.25) is 5.02 Å². The van der Waals surface area contributed by atoms with Gasteiger partial charge in [-0.05, 0) is 31.5 Å². The highest BCUT2D eigenvalue weighted by Crippen LogP contribution is 2.18. The van der Waals surface area contributed by atoms with Gasteiger partial charge in [0.25, 0.3) is 0 Å². The molecule has 0 aliphatic rings. The molecule has 1 aromatic heterocycles. The first-order valence-corrected chi connectivity index (χ1v) is 6.89. The molecule has 0 aliphatic heterocycles. The second-order valence-electron chi connectivity index (χ2n) is 5.03. The van der Waals surface area contributed by atoms with Gasteiger partial charge in [0.05, 0.1) is 11.8 Å². The molecule has 19 heavy (non-hydrogen) atoms. The van der Waals surface area contributed by atoms with Gasteiger partial charge in [-0.3, -0.25) is 4.68 Å². The number of hydrogen-bond donors (Lipinski definition) is 1. The average Bonchev–Trinajstić information content (AvgIpc) is 2.80. The van der Waals surface area contributed by atoms with E-state index in [1.807, 2.05) is 41.2 Å². The Balaban J connectivity index is 1.97. The molecule has 102 valence electrons. The molecule has 0 fully saturated rings. The monoisotopic (exact) mass is 278 g/mol. The number of aromatic nitrogens is 2. The van der Waals surface area contributed by atoms with Crippen molar-refractivity contribution in [3.63, 3.8) is 0 Å². The van der Waals surface area contributed by atoms with Gasteiger partial charge < -0.3 is 5.11 Å². The molecule has 0 radical (unpaired) electrons. The molecule has 1 aromatic carbocycles. The van der Waals surface area contributed by atoms with Gasteiger partial charge in [-0.1, -0.05) is 29.8 Å². The molecule has 0 spiro atoms. The Kier molecular flexibility index (Phi) is 4.61. The van der Waals surface area contributed by atoms with Crippen LogP contribution in [-0.4, -0.2) is 21.0 Å². The molecule has 0 aliphatic carbocycles. The van der Waals surface area contributed by atoms with E-state index < -0.39 is 6.10 Å². The van der Waals surface area contributed by atoms with Crippen molar-refractivity contribution in [2.45, 2.75) is 38.8 Å². The van der Waals surface area contributed by atoms with Gasteiger partial charge >= 0.3 is 0 Å². The van der Waals surface area contributed by atoms with E-state index in [0.717, 1.165) is 11.3 Å². The summed E-state index contributed by atoms with van der Waals surface area (Å²) in [7, 11) is 0.